The number of hydrogen-bond donors (Lipinski definition) is 3. The van der Waals surface area contributed by atoms with Crippen LogP contribution in [0, 0.1) is 0 Å². The summed E-state index contributed by atoms with van der Waals surface area (Å²) in [4.78, 5) is 0. The molecule has 0 fully saturated rings. The molecule has 5 heteroatoms. The molecule has 0 aliphatic heterocycles. The van der Waals surface area contributed by atoms with Crippen molar-refractivity contribution >= 4 is 11.0 Å². The maximum atomic E-state index is 8.59. The number of rotatable bonds is 0. The molecule has 0 heterocycles. The summed E-state index contributed by atoms with van der Waals surface area (Å²) in [6, 6.07) is 0. The number of nitrogens with two attached hydrogens (primary N) is 1. The predicted octanol–water partition coefficient (Wildman–Crippen LogP) is -0.964. The van der Waals surface area contributed by atoms with Gasteiger partial charge >= 0.3 is 0 Å². The van der Waals surface area contributed by atoms with Crippen molar-refractivity contribution in [2.75, 3.05) is 6.54 Å². The Morgan fingerprint density at radius 3 is 1.71 bits per heavy atom. The summed E-state index contributed by atoms with van der Waals surface area (Å²) in [6.07, 6.45) is 0. The van der Waals surface area contributed by atoms with Gasteiger partial charge in [-0.3, -0.25) is 4.55 Å². The molecule has 46 valence electrons. The lowest BCUT2D eigenvalue weighted by Crippen LogP contribution is -1.87. The van der Waals surface area contributed by atoms with Crippen LogP contribution in [0.1, 0.15) is 6.92 Å². The van der Waals surface area contributed by atoms with Gasteiger partial charge in [0.05, 0.1) is 0 Å². The molecule has 0 aliphatic rings. The highest BCUT2D eigenvalue weighted by molar-refractivity contribution is 7.66. The van der Waals surface area contributed by atoms with Gasteiger partial charge in [-0.25, -0.2) is 8.42 Å². The van der Waals surface area contributed by atoms with Crippen LogP contribution in [0.5, 0.6) is 0 Å². The first-order valence-corrected chi connectivity index (χ1v) is 2.81. The highest BCUT2D eigenvalue weighted by Gasteiger charge is 1.44. The van der Waals surface area contributed by atoms with E-state index in [4.69, 9.17) is 18.7 Å². The Morgan fingerprint density at radius 2 is 1.71 bits per heavy atom. The van der Waals surface area contributed by atoms with Gasteiger partial charge in [-0.1, -0.05) is 6.92 Å². The molecule has 0 spiro atoms. The molecule has 0 unspecified atom stereocenters. The van der Waals surface area contributed by atoms with Crippen LogP contribution >= 0.6 is 0 Å². The second-order valence-electron chi connectivity index (χ2n) is 0.646. The van der Waals surface area contributed by atoms with Crippen molar-refractivity contribution in [3.8, 4) is 0 Å². The van der Waals surface area contributed by atoms with Crippen molar-refractivity contribution in [1.29, 1.82) is 0 Å². The number of thiol groups is 1. The van der Waals surface area contributed by atoms with E-state index >= 15 is 0 Å². The summed E-state index contributed by atoms with van der Waals surface area (Å²) < 4.78 is 24.2. The van der Waals surface area contributed by atoms with Gasteiger partial charge < -0.3 is 5.73 Å². The van der Waals surface area contributed by atoms with Crippen molar-refractivity contribution in [1.82, 2.24) is 0 Å². The third-order valence-corrected chi connectivity index (χ3v) is 0. The standard InChI is InChI=1S/C2H7N.H2O3S/c1-2-3;1-4(2)3/h2-3H2,1H3;4H,(H,1,2,3). The average Bonchev–Trinajstić information content (AvgIpc) is 1.33. The number of hydrogen-bond acceptors (Lipinski definition) is 3. The molecule has 7 heavy (non-hydrogen) atoms. The van der Waals surface area contributed by atoms with Gasteiger partial charge in [-0.15, -0.1) is 0 Å². The average molecular weight is 127 g/mol. The van der Waals surface area contributed by atoms with Crippen molar-refractivity contribution < 1.29 is 13.0 Å². The Bertz CT molecular complexity index is 71.0. The lowest BCUT2D eigenvalue weighted by Gasteiger charge is -1.53. The molecule has 0 aromatic rings. The summed E-state index contributed by atoms with van der Waals surface area (Å²) in [5.41, 5.74) is 4.85. The van der Waals surface area contributed by atoms with Gasteiger partial charge in [0.15, 0.2) is 0 Å². The minimum Gasteiger partial charge on any atom is -0.331 e. The summed E-state index contributed by atoms with van der Waals surface area (Å²) in [7, 11) is -3.12. The van der Waals surface area contributed by atoms with Crippen LogP contribution in [0.2, 0.25) is 0 Å². The minimum atomic E-state index is -3.12. The Morgan fingerprint density at radius 1 is 1.71 bits per heavy atom. The Kier molecular flexibility index (Phi) is 13.3. The molecule has 0 aromatic carbocycles. The van der Waals surface area contributed by atoms with E-state index in [1.807, 2.05) is 6.92 Å². The van der Waals surface area contributed by atoms with Gasteiger partial charge in [0.1, 0.15) is 0 Å². The highest BCUT2D eigenvalue weighted by Crippen LogP contribution is 1.27. The summed E-state index contributed by atoms with van der Waals surface area (Å²) >= 11 is 0. The molecule has 0 aromatic heterocycles. The van der Waals surface area contributed by atoms with Crippen LogP contribution in [-0.2, 0) is 11.0 Å². The van der Waals surface area contributed by atoms with Crippen LogP contribution in [0.3, 0.4) is 0 Å². The van der Waals surface area contributed by atoms with Crippen LogP contribution in [0.25, 0.3) is 0 Å². The quantitative estimate of drug-likeness (QED) is 0.289. The van der Waals surface area contributed by atoms with E-state index in [1.165, 1.54) is 0 Å². The van der Waals surface area contributed by atoms with Crippen LogP contribution in [0.4, 0.5) is 0 Å². The molecule has 3 N–H and O–H groups in total. The summed E-state index contributed by atoms with van der Waals surface area (Å²) in [5.74, 6) is 0. The lowest BCUT2D eigenvalue weighted by atomic mass is 10.8. The maximum absolute atomic E-state index is 8.59. The molecule has 0 amide bonds. The molecular weight excluding hydrogens is 118 g/mol. The molecule has 0 rings (SSSR count). The Hall–Kier alpha value is -0.130. The van der Waals surface area contributed by atoms with Gasteiger partial charge in [0, 0.05) is 0 Å². The molecule has 0 bridgehead atoms. The first kappa shape index (κ1) is 9.98. The first-order valence-electron chi connectivity index (χ1n) is 1.68. The summed E-state index contributed by atoms with van der Waals surface area (Å²) in [6.45, 7) is 2.65. The van der Waals surface area contributed by atoms with E-state index < -0.39 is 11.0 Å². The van der Waals surface area contributed by atoms with E-state index in [0.29, 0.717) is 0 Å². The zero-order chi connectivity index (χ0) is 6.28. The smallest absolute Gasteiger partial charge is 0.254 e. The molecular formula is C2H9NO3S. The van der Waals surface area contributed by atoms with E-state index in [-0.39, 0.29) is 0 Å². The van der Waals surface area contributed by atoms with E-state index in [2.05, 4.69) is 0 Å². The van der Waals surface area contributed by atoms with Gasteiger partial charge in [-0.05, 0) is 6.54 Å². The second-order valence-corrected chi connectivity index (χ2v) is 1.12. The monoisotopic (exact) mass is 127 g/mol. The van der Waals surface area contributed by atoms with Crippen LogP contribution < -0.4 is 5.73 Å². The third kappa shape index (κ3) is 5200. The fraction of sp³-hybridized carbons (Fsp3) is 1.00. The summed E-state index contributed by atoms with van der Waals surface area (Å²) in [5, 5.41) is 0. The minimum absolute atomic E-state index is 0.750. The first-order chi connectivity index (χ1) is 3.15. The predicted molar refractivity (Wildman–Crippen MR) is 27.7 cm³/mol. The fourth-order valence-corrected chi connectivity index (χ4v) is 0. The van der Waals surface area contributed by atoms with Crippen molar-refractivity contribution in [2.24, 2.45) is 5.73 Å². The maximum Gasteiger partial charge on any atom is 0.254 e. The molecule has 0 atom stereocenters. The topological polar surface area (TPSA) is 80.4 Å². The molecule has 0 aliphatic carbocycles. The SMILES string of the molecule is CCN.O=[SH](=O)O. The lowest BCUT2D eigenvalue weighted by molar-refractivity contribution is 0.509. The van der Waals surface area contributed by atoms with Crippen molar-refractivity contribution in [3.63, 3.8) is 0 Å². The van der Waals surface area contributed by atoms with E-state index in [0.717, 1.165) is 6.54 Å². The van der Waals surface area contributed by atoms with E-state index in [1.54, 1.807) is 0 Å². The van der Waals surface area contributed by atoms with Gasteiger partial charge in [0.25, 0.3) is 11.0 Å². The normalized spacial score (nSPS) is 7.43. The molecule has 0 saturated carbocycles. The Labute approximate surface area is 44.1 Å². The third-order valence-electron chi connectivity index (χ3n) is 0. The highest BCUT2D eigenvalue weighted by atomic mass is 32.2. The zero-order valence-electron chi connectivity index (χ0n) is 4.00. The van der Waals surface area contributed by atoms with Crippen LogP contribution in [-0.4, -0.2) is 19.5 Å². The molecule has 4 nitrogen and oxygen atoms in total. The van der Waals surface area contributed by atoms with Gasteiger partial charge in [-0.2, -0.15) is 0 Å². The van der Waals surface area contributed by atoms with E-state index in [9.17, 15) is 0 Å². The fourth-order valence-electron chi connectivity index (χ4n) is 0. The molecule has 0 saturated heterocycles. The van der Waals surface area contributed by atoms with Gasteiger partial charge in [0.2, 0.25) is 0 Å². The zero-order valence-corrected chi connectivity index (χ0v) is 4.89. The largest absolute Gasteiger partial charge is 0.331 e. The second kappa shape index (κ2) is 9.30. The van der Waals surface area contributed by atoms with Crippen molar-refractivity contribution in [2.45, 2.75) is 6.92 Å². The molecule has 0 radical (unpaired) electrons. The van der Waals surface area contributed by atoms with Crippen LogP contribution in [0.15, 0.2) is 0 Å². The Balaban J connectivity index is 0. The van der Waals surface area contributed by atoms with Crippen molar-refractivity contribution in [3.05, 3.63) is 0 Å².